The van der Waals surface area contributed by atoms with Gasteiger partial charge in [-0.1, -0.05) is 0 Å². The van der Waals surface area contributed by atoms with Gasteiger partial charge in [0, 0.05) is 29.8 Å². The first-order chi connectivity index (χ1) is 11.4. The number of carbonyl (C=O) groups excluding carboxylic acids is 2. The normalized spacial score (nSPS) is 24.9. The van der Waals surface area contributed by atoms with Crippen LogP contribution in [0.5, 0.6) is 5.88 Å². The second-order valence-electron chi connectivity index (χ2n) is 6.24. The summed E-state index contributed by atoms with van der Waals surface area (Å²) in [6.07, 6.45) is 0.109. The fourth-order valence-corrected chi connectivity index (χ4v) is 3.02. The topological polar surface area (TPSA) is 88.5 Å². The van der Waals surface area contributed by atoms with Crippen LogP contribution in [0.1, 0.15) is 48.2 Å². The number of hydrogen-bond donors (Lipinski definition) is 2. The smallest absolute Gasteiger partial charge is 0.251 e. The molecule has 24 heavy (non-hydrogen) atoms. The van der Waals surface area contributed by atoms with E-state index in [4.69, 9.17) is 4.74 Å². The molecule has 1 fully saturated rings. The lowest BCUT2D eigenvalue weighted by atomic mass is 9.79. The van der Waals surface area contributed by atoms with E-state index in [-0.39, 0.29) is 31.2 Å². The number of aromatic nitrogens is 1. The molecule has 2 N–H and O–H groups in total. The van der Waals surface area contributed by atoms with Gasteiger partial charge >= 0.3 is 0 Å². The highest BCUT2D eigenvalue weighted by atomic mass is 19.1. The summed E-state index contributed by atoms with van der Waals surface area (Å²) in [7, 11) is 1.48. The molecule has 6 nitrogen and oxygen atoms in total. The Morgan fingerprint density at radius 3 is 2.79 bits per heavy atom. The third kappa shape index (κ3) is 4.29. The minimum Gasteiger partial charge on any atom is -0.481 e. The summed E-state index contributed by atoms with van der Waals surface area (Å²) in [5.74, 6) is 0.104. The SMILES string of the molecule is COc1cc(C(=O)NC2CCC(F)(C(O)CC=O)CC2)cc(C)n1. The van der Waals surface area contributed by atoms with Crippen LogP contribution >= 0.6 is 0 Å². The summed E-state index contributed by atoms with van der Waals surface area (Å²) < 4.78 is 19.6. The minimum atomic E-state index is -1.75. The average molecular weight is 338 g/mol. The van der Waals surface area contributed by atoms with Crippen LogP contribution in [-0.2, 0) is 4.79 Å². The van der Waals surface area contributed by atoms with Gasteiger partial charge in [0.2, 0.25) is 5.88 Å². The molecular weight excluding hydrogens is 315 g/mol. The summed E-state index contributed by atoms with van der Waals surface area (Å²) in [5, 5.41) is 12.6. The van der Waals surface area contributed by atoms with Crippen LogP contribution in [0, 0.1) is 6.92 Å². The number of amides is 1. The van der Waals surface area contributed by atoms with Crippen molar-refractivity contribution >= 4 is 12.2 Å². The number of aliphatic hydroxyl groups excluding tert-OH is 1. The van der Waals surface area contributed by atoms with E-state index in [0.29, 0.717) is 36.3 Å². The molecule has 1 aliphatic carbocycles. The largest absolute Gasteiger partial charge is 0.481 e. The highest BCUT2D eigenvalue weighted by Crippen LogP contribution is 2.36. The molecule has 0 radical (unpaired) electrons. The number of halogens is 1. The van der Waals surface area contributed by atoms with Crippen molar-refractivity contribution in [1.82, 2.24) is 10.3 Å². The molecule has 1 atom stereocenters. The van der Waals surface area contributed by atoms with Gasteiger partial charge in [-0.15, -0.1) is 0 Å². The van der Waals surface area contributed by atoms with E-state index in [1.165, 1.54) is 7.11 Å². The van der Waals surface area contributed by atoms with E-state index in [1.54, 1.807) is 19.1 Å². The standard InChI is InChI=1S/C17H23FN2O4/c1-11-9-12(10-15(19-11)24-2)16(23)20-13-3-6-17(18,7-4-13)14(22)5-8-21/h8-10,13-14,22H,3-7H2,1-2H3,(H,20,23). The van der Waals surface area contributed by atoms with Crippen molar-refractivity contribution in [2.75, 3.05) is 7.11 Å². The Bertz CT molecular complexity index is 600. The zero-order valence-electron chi connectivity index (χ0n) is 13.9. The van der Waals surface area contributed by atoms with Crippen molar-refractivity contribution in [3.8, 4) is 5.88 Å². The highest BCUT2D eigenvalue weighted by Gasteiger charge is 2.41. The molecule has 132 valence electrons. The van der Waals surface area contributed by atoms with Crippen molar-refractivity contribution in [3.05, 3.63) is 23.4 Å². The Kier molecular flexibility index (Phi) is 5.88. The van der Waals surface area contributed by atoms with E-state index in [0.717, 1.165) is 0 Å². The Morgan fingerprint density at radius 2 is 2.21 bits per heavy atom. The summed E-state index contributed by atoms with van der Waals surface area (Å²) in [6.45, 7) is 1.77. The number of carbonyl (C=O) groups is 2. The van der Waals surface area contributed by atoms with E-state index in [2.05, 4.69) is 10.3 Å². The van der Waals surface area contributed by atoms with Crippen LogP contribution in [0.4, 0.5) is 4.39 Å². The number of alkyl halides is 1. The number of aryl methyl sites for hydroxylation is 1. The quantitative estimate of drug-likeness (QED) is 0.771. The van der Waals surface area contributed by atoms with Crippen LogP contribution in [0.3, 0.4) is 0 Å². The van der Waals surface area contributed by atoms with Gasteiger partial charge in [0.15, 0.2) is 0 Å². The summed E-state index contributed by atoms with van der Waals surface area (Å²) in [6, 6.07) is 3.05. The van der Waals surface area contributed by atoms with Crippen LogP contribution in [0.25, 0.3) is 0 Å². The lowest BCUT2D eigenvalue weighted by molar-refractivity contribution is -0.113. The van der Waals surface area contributed by atoms with Crippen LogP contribution in [0.2, 0.25) is 0 Å². The molecule has 2 rings (SSSR count). The van der Waals surface area contributed by atoms with Gasteiger partial charge in [-0.05, 0) is 38.7 Å². The first kappa shape index (κ1) is 18.3. The maximum absolute atomic E-state index is 14.6. The van der Waals surface area contributed by atoms with Crippen LogP contribution < -0.4 is 10.1 Å². The number of methoxy groups -OCH3 is 1. The summed E-state index contributed by atoms with van der Waals surface area (Å²) >= 11 is 0. The third-order valence-electron chi connectivity index (χ3n) is 4.47. The summed E-state index contributed by atoms with van der Waals surface area (Å²) in [4.78, 5) is 26.9. The fourth-order valence-electron chi connectivity index (χ4n) is 3.02. The van der Waals surface area contributed by atoms with Crippen molar-refractivity contribution < 1.29 is 23.8 Å². The predicted octanol–water partition coefficient (Wildman–Crippen LogP) is 1.73. The van der Waals surface area contributed by atoms with Gasteiger partial charge in [-0.3, -0.25) is 4.79 Å². The monoisotopic (exact) mass is 338 g/mol. The first-order valence-corrected chi connectivity index (χ1v) is 8.02. The molecule has 1 aliphatic rings. The predicted molar refractivity (Wildman–Crippen MR) is 85.8 cm³/mol. The lowest BCUT2D eigenvalue weighted by Crippen LogP contribution is -2.47. The lowest BCUT2D eigenvalue weighted by Gasteiger charge is -2.36. The zero-order valence-corrected chi connectivity index (χ0v) is 13.9. The van der Waals surface area contributed by atoms with Crippen molar-refractivity contribution in [3.63, 3.8) is 0 Å². The number of aldehydes is 1. The van der Waals surface area contributed by atoms with Gasteiger partial charge in [-0.25, -0.2) is 9.37 Å². The second-order valence-corrected chi connectivity index (χ2v) is 6.24. The average Bonchev–Trinajstić information content (AvgIpc) is 2.56. The molecular formula is C17H23FN2O4. The molecule has 1 heterocycles. The molecule has 1 saturated carbocycles. The molecule has 0 aliphatic heterocycles. The van der Waals surface area contributed by atoms with Gasteiger partial charge in [0.25, 0.3) is 5.91 Å². The zero-order chi connectivity index (χ0) is 17.7. The van der Waals surface area contributed by atoms with Gasteiger partial charge in [-0.2, -0.15) is 0 Å². The number of nitrogens with zero attached hydrogens (tertiary/aromatic N) is 1. The Balaban J connectivity index is 1.95. The van der Waals surface area contributed by atoms with E-state index in [9.17, 15) is 19.1 Å². The third-order valence-corrected chi connectivity index (χ3v) is 4.47. The van der Waals surface area contributed by atoms with E-state index >= 15 is 0 Å². The Hall–Kier alpha value is -2.02. The van der Waals surface area contributed by atoms with E-state index in [1.807, 2.05) is 0 Å². The maximum atomic E-state index is 14.6. The van der Waals surface area contributed by atoms with Gasteiger partial charge < -0.3 is 20.0 Å². The molecule has 1 aromatic rings. The molecule has 0 aromatic carbocycles. The van der Waals surface area contributed by atoms with Gasteiger partial charge in [0.05, 0.1) is 13.2 Å². The number of pyridine rings is 1. The fraction of sp³-hybridized carbons (Fsp3) is 0.588. The summed E-state index contributed by atoms with van der Waals surface area (Å²) in [5.41, 5.74) is -0.640. The highest BCUT2D eigenvalue weighted by molar-refractivity contribution is 5.94. The van der Waals surface area contributed by atoms with Crippen molar-refractivity contribution in [1.29, 1.82) is 0 Å². The Labute approximate surface area is 140 Å². The van der Waals surface area contributed by atoms with Crippen molar-refractivity contribution in [2.45, 2.75) is 56.8 Å². The minimum absolute atomic E-state index is 0.117. The second kappa shape index (κ2) is 7.70. The molecule has 0 spiro atoms. The van der Waals surface area contributed by atoms with Crippen LogP contribution in [-0.4, -0.2) is 47.2 Å². The molecule has 0 bridgehead atoms. The number of ether oxygens (including phenoxy) is 1. The molecule has 1 unspecified atom stereocenters. The number of aliphatic hydroxyl groups is 1. The number of hydrogen-bond acceptors (Lipinski definition) is 5. The maximum Gasteiger partial charge on any atom is 0.251 e. The molecule has 7 heteroatoms. The van der Waals surface area contributed by atoms with Gasteiger partial charge in [0.1, 0.15) is 12.0 Å². The molecule has 1 aromatic heterocycles. The Morgan fingerprint density at radius 1 is 1.54 bits per heavy atom. The van der Waals surface area contributed by atoms with Crippen molar-refractivity contribution in [2.24, 2.45) is 0 Å². The first-order valence-electron chi connectivity index (χ1n) is 8.02. The van der Waals surface area contributed by atoms with E-state index < -0.39 is 11.8 Å². The number of rotatable bonds is 6. The van der Waals surface area contributed by atoms with Crippen LogP contribution in [0.15, 0.2) is 12.1 Å². The number of nitrogens with one attached hydrogen (secondary N) is 1. The molecule has 0 saturated heterocycles. The molecule has 1 amide bonds.